The molecule has 0 saturated heterocycles. The van der Waals surface area contributed by atoms with Crippen molar-refractivity contribution < 1.29 is 19.1 Å². The van der Waals surface area contributed by atoms with Crippen LogP contribution in [-0.2, 0) is 11.3 Å². The molecule has 0 fully saturated rings. The molecule has 0 spiro atoms. The van der Waals surface area contributed by atoms with Crippen molar-refractivity contribution in [2.45, 2.75) is 19.5 Å². The summed E-state index contributed by atoms with van der Waals surface area (Å²) in [6.07, 6.45) is 3.20. The second kappa shape index (κ2) is 7.01. The van der Waals surface area contributed by atoms with Crippen LogP contribution in [0.3, 0.4) is 0 Å². The molecular formula is C15H17FN4O3. The lowest BCUT2D eigenvalue weighted by molar-refractivity contribution is -0.138. The lowest BCUT2D eigenvalue weighted by Crippen LogP contribution is -2.42. The minimum Gasteiger partial charge on any atom is -0.480 e. The predicted molar refractivity (Wildman–Crippen MR) is 81.2 cm³/mol. The molecule has 0 bridgehead atoms. The normalized spacial score (nSPS) is 12.0. The summed E-state index contributed by atoms with van der Waals surface area (Å²) in [5.41, 5.74) is 6.60. The van der Waals surface area contributed by atoms with E-state index in [-0.39, 0.29) is 12.1 Å². The van der Waals surface area contributed by atoms with Crippen molar-refractivity contribution in [1.29, 1.82) is 0 Å². The van der Waals surface area contributed by atoms with Gasteiger partial charge < -0.3 is 20.7 Å². The minimum absolute atomic E-state index is 0.0847. The summed E-state index contributed by atoms with van der Waals surface area (Å²) in [5, 5.41) is 11.1. The smallest absolute Gasteiger partial charge is 0.322 e. The maximum absolute atomic E-state index is 13.8. The first-order valence-corrected chi connectivity index (χ1v) is 7.00. The molecule has 0 aliphatic carbocycles. The number of hydrogen-bond donors (Lipinski definition) is 3. The van der Waals surface area contributed by atoms with Crippen LogP contribution in [-0.4, -0.2) is 39.1 Å². The maximum atomic E-state index is 13.8. The average Bonchev–Trinajstić information content (AvgIpc) is 3.00. The van der Waals surface area contributed by atoms with Gasteiger partial charge in [-0.25, -0.2) is 9.37 Å². The van der Waals surface area contributed by atoms with E-state index in [9.17, 15) is 14.0 Å². The number of carbonyl (C=O) groups is 2. The molecule has 0 radical (unpaired) electrons. The number of aliphatic carboxylic acids is 1. The van der Waals surface area contributed by atoms with Gasteiger partial charge in [-0.1, -0.05) is 0 Å². The Morgan fingerprint density at radius 1 is 1.43 bits per heavy atom. The second-order valence-electron chi connectivity index (χ2n) is 4.95. The Hall–Kier alpha value is -2.74. The van der Waals surface area contributed by atoms with Gasteiger partial charge in [0.15, 0.2) is 0 Å². The van der Waals surface area contributed by atoms with E-state index >= 15 is 0 Å². The van der Waals surface area contributed by atoms with Gasteiger partial charge in [0.25, 0.3) is 5.91 Å². The Morgan fingerprint density at radius 3 is 2.83 bits per heavy atom. The quantitative estimate of drug-likeness (QED) is 0.731. The summed E-state index contributed by atoms with van der Waals surface area (Å²) in [6, 6.07) is 2.70. The van der Waals surface area contributed by atoms with E-state index in [0.29, 0.717) is 17.8 Å². The molecule has 1 amide bonds. The van der Waals surface area contributed by atoms with Crippen molar-refractivity contribution >= 4 is 11.9 Å². The molecule has 1 aromatic carbocycles. The van der Waals surface area contributed by atoms with Gasteiger partial charge in [0.2, 0.25) is 0 Å². The van der Waals surface area contributed by atoms with Crippen molar-refractivity contribution in [2.75, 3.05) is 6.54 Å². The molecule has 0 aliphatic rings. The molecule has 23 heavy (non-hydrogen) atoms. The first-order valence-electron chi connectivity index (χ1n) is 7.00. The van der Waals surface area contributed by atoms with Crippen LogP contribution >= 0.6 is 0 Å². The van der Waals surface area contributed by atoms with Gasteiger partial charge in [-0.3, -0.25) is 9.59 Å². The summed E-state index contributed by atoms with van der Waals surface area (Å²) in [7, 11) is 0. The standard InChI is InChI=1S/C15H17FN4O3/c1-2-20-8-18-7-13(20)9-3-10(5-11(16)4-9)14(21)19-6-12(17)15(22)23/h3-5,7-8,12H,2,6,17H2,1H3,(H,19,21)(H,22,23)/t12-/m1/s1. The molecule has 0 unspecified atom stereocenters. The Labute approximate surface area is 131 Å². The van der Waals surface area contributed by atoms with Crippen molar-refractivity contribution in [1.82, 2.24) is 14.9 Å². The Bertz CT molecular complexity index is 729. The monoisotopic (exact) mass is 320 g/mol. The molecule has 2 aromatic rings. The number of carboxylic acids is 1. The third kappa shape index (κ3) is 3.92. The highest BCUT2D eigenvalue weighted by Gasteiger charge is 2.15. The molecule has 1 aromatic heterocycles. The van der Waals surface area contributed by atoms with Crippen molar-refractivity contribution in [3.63, 3.8) is 0 Å². The van der Waals surface area contributed by atoms with E-state index in [2.05, 4.69) is 10.3 Å². The number of benzene rings is 1. The van der Waals surface area contributed by atoms with Gasteiger partial charge in [-0.05, 0) is 25.1 Å². The van der Waals surface area contributed by atoms with E-state index in [4.69, 9.17) is 10.8 Å². The van der Waals surface area contributed by atoms with Crippen LogP contribution in [0, 0.1) is 5.82 Å². The fourth-order valence-electron chi connectivity index (χ4n) is 2.07. The van der Waals surface area contributed by atoms with Crippen LogP contribution in [0.15, 0.2) is 30.7 Å². The highest BCUT2D eigenvalue weighted by atomic mass is 19.1. The third-order valence-electron chi connectivity index (χ3n) is 3.31. The van der Waals surface area contributed by atoms with Gasteiger partial charge in [0.05, 0.1) is 18.2 Å². The van der Waals surface area contributed by atoms with Crippen LogP contribution in [0.5, 0.6) is 0 Å². The minimum atomic E-state index is -1.22. The molecule has 4 N–H and O–H groups in total. The Morgan fingerprint density at radius 2 is 2.17 bits per heavy atom. The summed E-state index contributed by atoms with van der Waals surface area (Å²) < 4.78 is 15.6. The Kier molecular flexibility index (Phi) is 5.07. The number of carboxylic acid groups (broad SMARTS) is 1. The van der Waals surface area contributed by atoms with E-state index in [0.717, 1.165) is 6.07 Å². The molecule has 1 atom stereocenters. The largest absolute Gasteiger partial charge is 0.480 e. The topological polar surface area (TPSA) is 110 Å². The van der Waals surface area contributed by atoms with Gasteiger partial charge >= 0.3 is 5.97 Å². The van der Waals surface area contributed by atoms with Crippen molar-refractivity contribution in [3.05, 3.63) is 42.1 Å². The number of amides is 1. The number of nitrogens with zero attached hydrogens (tertiary/aromatic N) is 2. The third-order valence-corrected chi connectivity index (χ3v) is 3.31. The molecule has 7 nitrogen and oxygen atoms in total. The van der Waals surface area contributed by atoms with Crippen LogP contribution < -0.4 is 11.1 Å². The summed E-state index contributed by atoms with van der Waals surface area (Å²) in [6.45, 7) is 2.33. The fraction of sp³-hybridized carbons (Fsp3) is 0.267. The summed E-state index contributed by atoms with van der Waals surface area (Å²) in [5.74, 6) is -2.39. The first kappa shape index (κ1) is 16.6. The molecule has 8 heteroatoms. The number of nitrogens with one attached hydrogen (secondary N) is 1. The number of imidazole rings is 1. The molecule has 2 rings (SSSR count). The van der Waals surface area contributed by atoms with Crippen LogP contribution in [0.4, 0.5) is 4.39 Å². The Balaban J connectivity index is 2.23. The fourth-order valence-corrected chi connectivity index (χ4v) is 2.07. The number of hydrogen-bond acceptors (Lipinski definition) is 4. The SMILES string of the molecule is CCn1cncc1-c1cc(F)cc(C(=O)NC[C@@H](N)C(=O)O)c1. The maximum Gasteiger partial charge on any atom is 0.322 e. The molecular weight excluding hydrogens is 303 g/mol. The van der Waals surface area contributed by atoms with Gasteiger partial charge in [0.1, 0.15) is 11.9 Å². The molecule has 1 heterocycles. The number of halogens is 1. The summed E-state index contributed by atoms with van der Waals surface area (Å²) >= 11 is 0. The number of aromatic nitrogens is 2. The first-order chi connectivity index (χ1) is 10.9. The lowest BCUT2D eigenvalue weighted by atomic mass is 10.1. The van der Waals surface area contributed by atoms with Crippen LogP contribution in [0.1, 0.15) is 17.3 Å². The average molecular weight is 320 g/mol. The molecule has 0 saturated carbocycles. The zero-order valence-electron chi connectivity index (χ0n) is 12.5. The highest BCUT2D eigenvalue weighted by Crippen LogP contribution is 2.22. The van der Waals surface area contributed by atoms with E-state index < -0.39 is 23.7 Å². The zero-order valence-corrected chi connectivity index (χ0v) is 12.5. The highest BCUT2D eigenvalue weighted by molar-refractivity contribution is 5.95. The molecule has 122 valence electrons. The number of rotatable bonds is 6. The number of carbonyl (C=O) groups excluding carboxylic acids is 1. The number of aryl methyl sites for hydroxylation is 1. The van der Waals surface area contributed by atoms with Gasteiger partial charge in [-0.15, -0.1) is 0 Å². The zero-order chi connectivity index (χ0) is 17.0. The van der Waals surface area contributed by atoms with Crippen molar-refractivity contribution in [2.24, 2.45) is 5.73 Å². The van der Waals surface area contributed by atoms with Crippen molar-refractivity contribution in [3.8, 4) is 11.3 Å². The molecule has 0 aliphatic heterocycles. The second-order valence-corrected chi connectivity index (χ2v) is 4.95. The lowest BCUT2D eigenvalue weighted by Gasteiger charge is -2.10. The van der Waals surface area contributed by atoms with Gasteiger partial charge in [-0.2, -0.15) is 0 Å². The van der Waals surface area contributed by atoms with E-state index in [1.165, 1.54) is 12.1 Å². The summed E-state index contributed by atoms with van der Waals surface area (Å²) in [4.78, 5) is 26.7. The van der Waals surface area contributed by atoms with E-state index in [1.807, 2.05) is 11.5 Å². The number of nitrogens with two attached hydrogens (primary N) is 1. The predicted octanol–water partition coefficient (Wildman–Crippen LogP) is 0.851. The van der Waals surface area contributed by atoms with Crippen LogP contribution in [0.25, 0.3) is 11.3 Å². The van der Waals surface area contributed by atoms with Gasteiger partial charge in [0, 0.05) is 24.2 Å². The van der Waals surface area contributed by atoms with Crippen LogP contribution in [0.2, 0.25) is 0 Å². The van der Waals surface area contributed by atoms with E-state index in [1.54, 1.807) is 12.5 Å².